The van der Waals surface area contributed by atoms with Crippen LogP contribution in [0.3, 0.4) is 0 Å². The zero-order valence-corrected chi connectivity index (χ0v) is 12.5. The molecule has 0 radical (unpaired) electrons. The number of anilines is 1. The smallest absolute Gasteiger partial charge is 0.0931 e. The Morgan fingerprint density at radius 3 is 2.85 bits per heavy atom. The molecule has 1 aromatic heterocycles. The number of pyridine rings is 1. The Hall–Kier alpha value is -1.13. The molecule has 3 heterocycles. The Morgan fingerprint density at radius 2 is 2.15 bits per heavy atom. The summed E-state index contributed by atoms with van der Waals surface area (Å²) in [6.45, 7) is 5.27. The Morgan fingerprint density at radius 1 is 1.30 bits per heavy atom. The van der Waals surface area contributed by atoms with Crippen molar-refractivity contribution < 1.29 is 5.11 Å². The van der Waals surface area contributed by atoms with Crippen LogP contribution in [0.15, 0.2) is 18.3 Å². The Kier molecular flexibility index (Phi) is 3.94. The lowest BCUT2D eigenvalue weighted by atomic mass is 9.84. The minimum atomic E-state index is -0.484. The van der Waals surface area contributed by atoms with E-state index < -0.39 is 6.10 Å². The Balaban J connectivity index is 1.69. The second-order valence-corrected chi connectivity index (χ2v) is 6.30. The van der Waals surface area contributed by atoms with Crippen LogP contribution in [0.4, 0.5) is 5.69 Å². The summed E-state index contributed by atoms with van der Waals surface area (Å²) in [5, 5.41) is 9.53. The molecule has 0 aromatic carbocycles. The van der Waals surface area contributed by atoms with Gasteiger partial charge in [0.2, 0.25) is 0 Å². The number of fused-ring (bicyclic) bond motifs is 1. The van der Waals surface area contributed by atoms with Gasteiger partial charge in [-0.3, -0.25) is 4.98 Å². The van der Waals surface area contributed by atoms with E-state index in [-0.39, 0.29) is 0 Å². The molecule has 4 nitrogen and oxygen atoms in total. The fourth-order valence-corrected chi connectivity index (χ4v) is 3.72. The van der Waals surface area contributed by atoms with Gasteiger partial charge in [0.1, 0.15) is 0 Å². The van der Waals surface area contributed by atoms with E-state index in [0.717, 1.165) is 30.7 Å². The number of rotatable bonds is 2. The summed E-state index contributed by atoms with van der Waals surface area (Å²) >= 11 is 0. The van der Waals surface area contributed by atoms with Crippen molar-refractivity contribution in [2.24, 2.45) is 5.92 Å². The van der Waals surface area contributed by atoms with Crippen LogP contribution in [0.1, 0.15) is 38.0 Å². The van der Waals surface area contributed by atoms with Crippen LogP contribution < -0.4 is 4.90 Å². The summed E-state index contributed by atoms with van der Waals surface area (Å²) in [6.07, 6.45) is 5.35. The molecule has 4 heteroatoms. The molecule has 2 aliphatic rings. The maximum atomic E-state index is 9.53. The first-order valence-corrected chi connectivity index (χ1v) is 7.74. The van der Waals surface area contributed by atoms with Gasteiger partial charge in [0.15, 0.2) is 0 Å². The summed E-state index contributed by atoms with van der Waals surface area (Å²) < 4.78 is 0. The maximum Gasteiger partial charge on any atom is 0.0931 e. The number of hydrogen-bond acceptors (Lipinski definition) is 4. The first-order valence-electron chi connectivity index (χ1n) is 7.74. The molecule has 1 N–H and O–H groups in total. The van der Waals surface area contributed by atoms with Crippen molar-refractivity contribution >= 4 is 5.69 Å². The summed E-state index contributed by atoms with van der Waals surface area (Å²) in [5.74, 6) is 0.791. The van der Waals surface area contributed by atoms with Crippen molar-refractivity contribution in [2.75, 3.05) is 31.6 Å². The molecule has 110 valence electrons. The van der Waals surface area contributed by atoms with E-state index in [1.165, 1.54) is 31.5 Å². The largest absolute Gasteiger partial charge is 0.387 e. The highest BCUT2D eigenvalue weighted by molar-refractivity contribution is 5.45. The van der Waals surface area contributed by atoms with Gasteiger partial charge in [0, 0.05) is 19.1 Å². The van der Waals surface area contributed by atoms with Gasteiger partial charge in [0.25, 0.3) is 0 Å². The minimum absolute atomic E-state index is 0.484. The lowest BCUT2D eigenvalue weighted by molar-refractivity contribution is 0.102. The predicted molar refractivity (Wildman–Crippen MR) is 80.8 cm³/mol. The van der Waals surface area contributed by atoms with Crippen LogP contribution in [-0.2, 0) is 0 Å². The van der Waals surface area contributed by atoms with E-state index >= 15 is 0 Å². The fourth-order valence-electron chi connectivity index (χ4n) is 3.72. The molecule has 2 saturated heterocycles. The highest BCUT2D eigenvalue weighted by Gasteiger charge is 2.34. The first kappa shape index (κ1) is 13.8. The zero-order chi connectivity index (χ0) is 14.1. The van der Waals surface area contributed by atoms with Crippen LogP contribution in [-0.4, -0.2) is 47.7 Å². The van der Waals surface area contributed by atoms with E-state index in [9.17, 15) is 5.11 Å². The normalized spacial score (nSPS) is 29.1. The Labute approximate surface area is 121 Å². The molecular weight excluding hydrogens is 250 g/mol. The molecule has 2 fully saturated rings. The molecule has 0 amide bonds. The predicted octanol–water partition coefficient (Wildman–Crippen LogP) is 2.06. The highest BCUT2D eigenvalue weighted by atomic mass is 16.3. The summed E-state index contributed by atoms with van der Waals surface area (Å²) in [4.78, 5) is 9.37. The van der Waals surface area contributed by atoms with E-state index in [0.29, 0.717) is 0 Å². The third kappa shape index (κ3) is 2.67. The summed E-state index contributed by atoms with van der Waals surface area (Å²) in [7, 11) is 2.27. The molecular formula is C16H25N3O. The van der Waals surface area contributed by atoms with Crippen LogP contribution in [0.25, 0.3) is 0 Å². The van der Waals surface area contributed by atoms with Gasteiger partial charge in [-0.25, -0.2) is 0 Å². The summed E-state index contributed by atoms with van der Waals surface area (Å²) in [6, 6.07) is 4.81. The van der Waals surface area contributed by atoms with E-state index in [2.05, 4.69) is 27.9 Å². The van der Waals surface area contributed by atoms with E-state index in [1.54, 1.807) is 6.92 Å². The number of aliphatic hydroxyl groups is 1. The minimum Gasteiger partial charge on any atom is -0.387 e. The van der Waals surface area contributed by atoms with Crippen molar-refractivity contribution in [3.63, 3.8) is 0 Å². The topological polar surface area (TPSA) is 39.6 Å². The van der Waals surface area contributed by atoms with E-state index in [1.807, 2.05) is 12.3 Å². The van der Waals surface area contributed by atoms with Gasteiger partial charge in [-0.15, -0.1) is 0 Å². The second-order valence-electron chi connectivity index (χ2n) is 6.30. The van der Waals surface area contributed by atoms with Gasteiger partial charge in [-0.1, -0.05) is 0 Å². The number of piperidine rings is 2. The average Bonchev–Trinajstić information content (AvgIpc) is 2.47. The third-order valence-electron chi connectivity index (χ3n) is 4.91. The maximum absolute atomic E-state index is 9.53. The fraction of sp³-hybridized carbons (Fsp3) is 0.688. The molecule has 1 aromatic rings. The first-order chi connectivity index (χ1) is 9.65. The molecule has 2 unspecified atom stereocenters. The van der Waals surface area contributed by atoms with Crippen LogP contribution in [0.2, 0.25) is 0 Å². The number of aliphatic hydroxyl groups excluding tert-OH is 1. The van der Waals surface area contributed by atoms with Crippen molar-refractivity contribution in [1.29, 1.82) is 0 Å². The number of hydrogen-bond donors (Lipinski definition) is 1. The average molecular weight is 275 g/mol. The lowest BCUT2D eigenvalue weighted by Gasteiger charge is -2.46. The molecule has 0 aliphatic carbocycles. The molecule has 20 heavy (non-hydrogen) atoms. The molecule has 0 spiro atoms. The SMILES string of the molecule is C[C@@H](O)c1ccc(N2CCC3C(CCCN3C)C2)cn1. The second kappa shape index (κ2) is 5.70. The van der Waals surface area contributed by atoms with Crippen molar-refractivity contribution in [1.82, 2.24) is 9.88 Å². The van der Waals surface area contributed by atoms with Crippen molar-refractivity contribution in [3.05, 3.63) is 24.0 Å². The van der Waals surface area contributed by atoms with Gasteiger partial charge in [0.05, 0.1) is 23.7 Å². The number of likely N-dealkylation sites (tertiary alicyclic amines) is 1. The van der Waals surface area contributed by atoms with E-state index in [4.69, 9.17) is 0 Å². The standard InChI is InChI=1S/C16H25N3O/c1-12(20)15-6-5-14(10-17-15)19-9-7-16-13(11-19)4-3-8-18(16)2/h5-6,10,12-13,16,20H,3-4,7-9,11H2,1-2H3/t12-,13?,16?/m1/s1. The van der Waals surface area contributed by atoms with Crippen LogP contribution in [0, 0.1) is 5.92 Å². The van der Waals surface area contributed by atoms with Crippen LogP contribution in [0.5, 0.6) is 0 Å². The molecule has 0 saturated carbocycles. The van der Waals surface area contributed by atoms with Crippen molar-refractivity contribution in [3.8, 4) is 0 Å². The highest BCUT2D eigenvalue weighted by Crippen LogP contribution is 2.31. The molecule has 3 rings (SSSR count). The monoisotopic (exact) mass is 275 g/mol. The quantitative estimate of drug-likeness (QED) is 0.897. The zero-order valence-electron chi connectivity index (χ0n) is 12.5. The molecule has 3 atom stereocenters. The van der Waals surface area contributed by atoms with Gasteiger partial charge < -0.3 is 14.9 Å². The van der Waals surface area contributed by atoms with Crippen molar-refractivity contribution in [2.45, 2.75) is 38.3 Å². The number of nitrogens with zero attached hydrogens (tertiary/aromatic N) is 3. The Bertz CT molecular complexity index is 446. The summed E-state index contributed by atoms with van der Waals surface area (Å²) in [5.41, 5.74) is 1.95. The van der Waals surface area contributed by atoms with Gasteiger partial charge in [-0.05, 0) is 57.8 Å². The third-order valence-corrected chi connectivity index (χ3v) is 4.91. The molecule has 2 aliphatic heterocycles. The number of aromatic nitrogens is 1. The van der Waals surface area contributed by atoms with Crippen LogP contribution >= 0.6 is 0 Å². The lowest BCUT2D eigenvalue weighted by Crippen LogP contribution is -2.52. The molecule has 0 bridgehead atoms. The van der Waals surface area contributed by atoms with Gasteiger partial charge in [-0.2, -0.15) is 0 Å². The van der Waals surface area contributed by atoms with Gasteiger partial charge >= 0.3 is 0 Å².